The number of ether oxygens (including phenoxy) is 1. The molecule has 0 aliphatic heterocycles. The third-order valence-corrected chi connectivity index (χ3v) is 4.45. The van der Waals surface area contributed by atoms with Crippen LogP contribution in [0.2, 0.25) is 0 Å². The van der Waals surface area contributed by atoms with Gasteiger partial charge in [-0.3, -0.25) is 4.98 Å². The van der Waals surface area contributed by atoms with Crippen molar-refractivity contribution in [2.75, 3.05) is 32.1 Å². The standard InChI is InChI=1S/C20H31N3O/c1-4-16(2)15-21-10-6-5-7-11-22-19-14-18(24-3)13-17-9-8-12-23-20(17)19/h8-9,12-14,16,21-22H,4-7,10-11,15H2,1-3H3/t16-/m1/s1. The first-order valence-electron chi connectivity index (χ1n) is 9.12. The van der Waals surface area contributed by atoms with E-state index in [1.807, 2.05) is 24.4 Å². The SMILES string of the molecule is CC[C@@H](C)CNCCCCCNc1cc(OC)cc2cccnc12. The first-order chi connectivity index (χ1) is 11.7. The van der Waals surface area contributed by atoms with Crippen LogP contribution in [0.3, 0.4) is 0 Å². The van der Waals surface area contributed by atoms with Gasteiger partial charge in [0.2, 0.25) is 0 Å². The van der Waals surface area contributed by atoms with Gasteiger partial charge in [0, 0.05) is 24.2 Å². The quantitative estimate of drug-likeness (QED) is 0.597. The lowest BCUT2D eigenvalue weighted by molar-refractivity contribution is 0.415. The van der Waals surface area contributed by atoms with E-state index in [9.17, 15) is 0 Å². The Balaban J connectivity index is 1.73. The summed E-state index contributed by atoms with van der Waals surface area (Å²) in [6.45, 7) is 7.76. The van der Waals surface area contributed by atoms with Gasteiger partial charge in [0.1, 0.15) is 5.75 Å². The molecule has 1 heterocycles. The molecule has 1 atom stereocenters. The molecule has 0 saturated heterocycles. The van der Waals surface area contributed by atoms with E-state index in [1.165, 1.54) is 19.3 Å². The number of nitrogens with zero attached hydrogens (tertiary/aromatic N) is 1. The lowest BCUT2D eigenvalue weighted by Gasteiger charge is -2.12. The third kappa shape index (κ3) is 5.68. The molecule has 0 fully saturated rings. The summed E-state index contributed by atoms with van der Waals surface area (Å²) in [6, 6.07) is 8.08. The molecular weight excluding hydrogens is 298 g/mol. The molecule has 0 aliphatic carbocycles. The van der Waals surface area contributed by atoms with Crippen molar-refractivity contribution in [2.45, 2.75) is 39.5 Å². The third-order valence-electron chi connectivity index (χ3n) is 4.45. The van der Waals surface area contributed by atoms with Crippen LogP contribution in [0.15, 0.2) is 30.5 Å². The molecule has 0 saturated carbocycles. The maximum atomic E-state index is 5.39. The highest BCUT2D eigenvalue weighted by Crippen LogP contribution is 2.27. The van der Waals surface area contributed by atoms with E-state index in [0.717, 1.165) is 54.3 Å². The number of unbranched alkanes of at least 4 members (excludes halogenated alkanes) is 2. The Kier molecular flexibility index (Phi) is 7.83. The zero-order valence-electron chi connectivity index (χ0n) is 15.3. The smallest absolute Gasteiger partial charge is 0.121 e. The van der Waals surface area contributed by atoms with E-state index in [1.54, 1.807) is 7.11 Å². The second-order valence-electron chi connectivity index (χ2n) is 6.46. The molecule has 1 aromatic heterocycles. The first-order valence-corrected chi connectivity index (χ1v) is 9.12. The van der Waals surface area contributed by atoms with Gasteiger partial charge in [0.25, 0.3) is 0 Å². The highest BCUT2D eigenvalue weighted by Gasteiger charge is 2.05. The Morgan fingerprint density at radius 2 is 2.00 bits per heavy atom. The maximum Gasteiger partial charge on any atom is 0.121 e. The Hall–Kier alpha value is -1.81. The Morgan fingerprint density at radius 3 is 2.79 bits per heavy atom. The Labute approximate surface area is 146 Å². The number of hydrogen-bond acceptors (Lipinski definition) is 4. The summed E-state index contributed by atoms with van der Waals surface area (Å²) in [7, 11) is 1.70. The molecule has 2 N–H and O–H groups in total. The van der Waals surface area contributed by atoms with Crippen LogP contribution in [0.1, 0.15) is 39.5 Å². The lowest BCUT2D eigenvalue weighted by Crippen LogP contribution is -2.21. The molecule has 0 amide bonds. The van der Waals surface area contributed by atoms with E-state index < -0.39 is 0 Å². The number of aromatic nitrogens is 1. The van der Waals surface area contributed by atoms with Crippen molar-refractivity contribution in [1.82, 2.24) is 10.3 Å². The number of benzene rings is 1. The molecule has 132 valence electrons. The van der Waals surface area contributed by atoms with Gasteiger partial charge in [-0.2, -0.15) is 0 Å². The van der Waals surface area contributed by atoms with Crippen molar-refractivity contribution in [2.24, 2.45) is 5.92 Å². The molecule has 0 spiro atoms. The van der Waals surface area contributed by atoms with Crippen LogP contribution < -0.4 is 15.4 Å². The molecule has 4 heteroatoms. The molecule has 24 heavy (non-hydrogen) atoms. The molecule has 1 aromatic carbocycles. The summed E-state index contributed by atoms with van der Waals surface area (Å²) in [4.78, 5) is 4.49. The van der Waals surface area contributed by atoms with Crippen LogP contribution in [0, 0.1) is 5.92 Å². The fourth-order valence-electron chi connectivity index (χ4n) is 2.69. The Bertz CT molecular complexity index is 615. The summed E-state index contributed by atoms with van der Waals surface area (Å²) in [5.74, 6) is 1.65. The van der Waals surface area contributed by atoms with Crippen molar-refractivity contribution < 1.29 is 4.74 Å². The number of rotatable bonds is 11. The molecule has 0 aliphatic rings. The number of methoxy groups -OCH3 is 1. The van der Waals surface area contributed by atoms with E-state index in [4.69, 9.17) is 4.74 Å². The minimum Gasteiger partial charge on any atom is -0.497 e. The van der Waals surface area contributed by atoms with E-state index >= 15 is 0 Å². The summed E-state index contributed by atoms with van der Waals surface area (Å²) in [5.41, 5.74) is 2.06. The zero-order valence-corrected chi connectivity index (χ0v) is 15.3. The van der Waals surface area contributed by atoms with Crippen molar-refractivity contribution in [3.8, 4) is 5.75 Å². The second-order valence-corrected chi connectivity index (χ2v) is 6.46. The van der Waals surface area contributed by atoms with Crippen LogP contribution in [0.25, 0.3) is 10.9 Å². The van der Waals surface area contributed by atoms with Gasteiger partial charge in [-0.05, 0) is 44.0 Å². The highest BCUT2D eigenvalue weighted by molar-refractivity contribution is 5.91. The van der Waals surface area contributed by atoms with Crippen molar-refractivity contribution in [3.05, 3.63) is 30.5 Å². The van der Waals surface area contributed by atoms with Crippen molar-refractivity contribution >= 4 is 16.6 Å². The van der Waals surface area contributed by atoms with Crippen molar-refractivity contribution in [1.29, 1.82) is 0 Å². The molecule has 0 radical (unpaired) electrons. The van der Waals surface area contributed by atoms with E-state index in [2.05, 4.69) is 35.5 Å². The number of anilines is 1. The van der Waals surface area contributed by atoms with Gasteiger partial charge in [-0.25, -0.2) is 0 Å². The number of hydrogen-bond donors (Lipinski definition) is 2. The Morgan fingerprint density at radius 1 is 1.17 bits per heavy atom. The maximum absolute atomic E-state index is 5.39. The average Bonchev–Trinajstić information content (AvgIpc) is 2.63. The van der Waals surface area contributed by atoms with E-state index in [0.29, 0.717) is 0 Å². The topological polar surface area (TPSA) is 46.2 Å². The fraction of sp³-hybridized carbons (Fsp3) is 0.550. The van der Waals surface area contributed by atoms with Crippen LogP contribution >= 0.6 is 0 Å². The molecule has 2 rings (SSSR count). The summed E-state index contributed by atoms with van der Waals surface area (Å²) < 4.78 is 5.39. The fourth-order valence-corrected chi connectivity index (χ4v) is 2.69. The van der Waals surface area contributed by atoms with Crippen LogP contribution in [-0.4, -0.2) is 31.7 Å². The summed E-state index contributed by atoms with van der Waals surface area (Å²) in [6.07, 6.45) is 6.71. The predicted molar refractivity (Wildman–Crippen MR) is 103 cm³/mol. The summed E-state index contributed by atoms with van der Waals surface area (Å²) >= 11 is 0. The number of fused-ring (bicyclic) bond motifs is 1. The average molecular weight is 329 g/mol. The molecule has 4 nitrogen and oxygen atoms in total. The van der Waals surface area contributed by atoms with Crippen LogP contribution in [0.5, 0.6) is 5.75 Å². The monoisotopic (exact) mass is 329 g/mol. The number of pyridine rings is 1. The van der Waals surface area contributed by atoms with Crippen LogP contribution in [-0.2, 0) is 0 Å². The van der Waals surface area contributed by atoms with Gasteiger partial charge >= 0.3 is 0 Å². The predicted octanol–water partition coefficient (Wildman–Crippen LogP) is 4.46. The van der Waals surface area contributed by atoms with Crippen molar-refractivity contribution in [3.63, 3.8) is 0 Å². The molecule has 0 bridgehead atoms. The zero-order chi connectivity index (χ0) is 17.2. The highest BCUT2D eigenvalue weighted by atomic mass is 16.5. The minimum absolute atomic E-state index is 0.778. The van der Waals surface area contributed by atoms with Gasteiger partial charge in [-0.15, -0.1) is 0 Å². The van der Waals surface area contributed by atoms with Gasteiger partial charge in [0.05, 0.1) is 18.3 Å². The van der Waals surface area contributed by atoms with Crippen LogP contribution in [0.4, 0.5) is 5.69 Å². The van der Waals surface area contributed by atoms with Gasteiger partial charge in [-0.1, -0.05) is 32.8 Å². The largest absolute Gasteiger partial charge is 0.497 e. The molecule has 2 aromatic rings. The van der Waals surface area contributed by atoms with Gasteiger partial charge in [0.15, 0.2) is 0 Å². The van der Waals surface area contributed by atoms with E-state index in [-0.39, 0.29) is 0 Å². The lowest BCUT2D eigenvalue weighted by atomic mass is 10.1. The second kappa shape index (κ2) is 10.1. The summed E-state index contributed by atoms with van der Waals surface area (Å²) in [5, 5.41) is 8.16. The molecular formula is C20H31N3O. The first kappa shape index (κ1) is 18.5. The normalized spacial score (nSPS) is 12.3. The van der Waals surface area contributed by atoms with Gasteiger partial charge < -0.3 is 15.4 Å². The molecule has 0 unspecified atom stereocenters. The minimum atomic E-state index is 0.778. The number of nitrogens with one attached hydrogen (secondary N) is 2.